The van der Waals surface area contributed by atoms with Crippen molar-refractivity contribution in [3.63, 3.8) is 0 Å². The number of hydrogen-bond acceptors (Lipinski definition) is 3. The molecule has 1 aliphatic rings. The van der Waals surface area contributed by atoms with Crippen molar-refractivity contribution in [3.8, 4) is 0 Å². The largest absolute Gasteiger partial charge is 0.748 e. The molecule has 7 heteroatoms. The summed E-state index contributed by atoms with van der Waals surface area (Å²) < 4.78 is 57.3. The molecular formula is C6H8BrF2O3S-. The van der Waals surface area contributed by atoms with E-state index < -0.39 is 39.0 Å². The molecule has 0 N–H and O–H groups in total. The van der Waals surface area contributed by atoms with Gasteiger partial charge in [0.2, 0.25) is 0 Å². The van der Waals surface area contributed by atoms with E-state index in [1.54, 1.807) is 0 Å². The minimum Gasteiger partial charge on any atom is -0.748 e. The van der Waals surface area contributed by atoms with E-state index in [1.807, 2.05) is 0 Å². The average Bonchev–Trinajstić information content (AvgIpc) is 1.94. The van der Waals surface area contributed by atoms with Crippen LogP contribution in [0, 0.1) is 0 Å². The summed E-state index contributed by atoms with van der Waals surface area (Å²) in [5.74, 6) is 0. The zero-order valence-corrected chi connectivity index (χ0v) is 8.89. The van der Waals surface area contributed by atoms with Crippen molar-refractivity contribution in [2.75, 3.05) is 0 Å². The van der Waals surface area contributed by atoms with E-state index in [9.17, 15) is 21.8 Å². The molecule has 0 amide bonds. The second kappa shape index (κ2) is 3.78. The lowest BCUT2D eigenvalue weighted by Gasteiger charge is -2.32. The van der Waals surface area contributed by atoms with Gasteiger partial charge in [-0.05, 0) is 12.8 Å². The standard InChI is InChI=1S/C6H9BrF2O3S/c7-3-1-5(9)6(2-4(3)8)13(10,11)12/h3-6H,1-2H2,(H,10,11,12)/p-1. The quantitative estimate of drug-likeness (QED) is 0.533. The summed E-state index contributed by atoms with van der Waals surface area (Å²) in [7, 11) is -4.72. The van der Waals surface area contributed by atoms with Crippen LogP contribution in [0.1, 0.15) is 12.8 Å². The van der Waals surface area contributed by atoms with Crippen LogP contribution >= 0.6 is 15.9 Å². The van der Waals surface area contributed by atoms with Gasteiger partial charge in [-0.2, -0.15) is 0 Å². The van der Waals surface area contributed by atoms with E-state index in [2.05, 4.69) is 15.9 Å². The zero-order valence-electron chi connectivity index (χ0n) is 6.49. The van der Waals surface area contributed by atoms with E-state index in [-0.39, 0.29) is 6.42 Å². The maximum absolute atomic E-state index is 13.0. The molecule has 4 atom stereocenters. The fourth-order valence-corrected chi connectivity index (χ4v) is 2.80. The van der Waals surface area contributed by atoms with Gasteiger partial charge in [-0.3, -0.25) is 0 Å². The van der Waals surface area contributed by atoms with Gasteiger partial charge in [0, 0.05) is 4.83 Å². The Bertz CT molecular complexity index is 282. The van der Waals surface area contributed by atoms with Gasteiger partial charge >= 0.3 is 0 Å². The van der Waals surface area contributed by atoms with Crippen LogP contribution in [-0.2, 0) is 10.1 Å². The van der Waals surface area contributed by atoms with Crippen LogP contribution in [-0.4, -0.2) is 35.4 Å². The smallest absolute Gasteiger partial charge is 0.117 e. The highest BCUT2D eigenvalue weighted by Crippen LogP contribution is 2.32. The fraction of sp³-hybridized carbons (Fsp3) is 1.00. The third-order valence-corrected chi connectivity index (χ3v) is 4.25. The second-order valence-electron chi connectivity index (χ2n) is 3.05. The first kappa shape index (κ1) is 11.3. The molecule has 0 aliphatic heterocycles. The zero-order chi connectivity index (χ0) is 10.2. The summed E-state index contributed by atoms with van der Waals surface area (Å²) in [6.07, 6.45) is -4.06. The van der Waals surface area contributed by atoms with Crippen molar-refractivity contribution in [1.82, 2.24) is 0 Å². The molecule has 1 saturated carbocycles. The number of alkyl halides is 3. The number of halogens is 3. The second-order valence-corrected chi connectivity index (χ2v) is 5.82. The van der Waals surface area contributed by atoms with Gasteiger partial charge in [0.05, 0.1) is 5.25 Å². The molecular weight excluding hydrogens is 270 g/mol. The third kappa shape index (κ3) is 2.60. The van der Waals surface area contributed by atoms with Crippen molar-refractivity contribution in [2.45, 2.75) is 35.3 Å². The summed E-state index contributed by atoms with van der Waals surface area (Å²) in [6.45, 7) is 0. The van der Waals surface area contributed by atoms with E-state index in [1.165, 1.54) is 0 Å². The molecule has 1 aliphatic carbocycles. The van der Waals surface area contributed by atoms with Gasteiger partial charge in [-0.15, -0.1) is 0 Å². The van der Waals surface area contributed by atoms with Crippen molar-refractivity contribution in [3.05, 3.63) is 0 Å². The van der Waals surface area contributed by atoms with Crippen molar-refractivity contribution >= 4 is 26.0 Å². The van der Waals surface area contributed by atoms with Gasteiger partial charge in [0.1, 0.15) is 22.5 Å². The molecule has 1 rings (SSSR count). The van der Waals surface area contributed by atoms with Crippen molar-refractivity contribution < 1.29 is 21.8 Å². The topological polar surface area (TPSA) is 57.2 Å². The summed E-state index contributed by atoms with van der Waals surface area (Å²) in [5, 5.41) is -1.73. The summed E-state index contributed by atoms with van der Waals surface area (Å²) in [4.78, 5) is -0.694. The van der Waals surface area contributed by atoms with Crippen LogP contribution in [0.2, 0.25) is 0 Å². The lowest BCUT2D eigenvalue weighted by atomic mass is 9.96. The minimum absolute atomic E-state index is 0.271. The Labute approximate surface area is 83.4 Å². The molecule has 0 saturated heterocycles. The van der Waals surface area contributed by atoms with E-state index in [0.29, 0.717) is 0 Å². The Balaban J connectivity index is 2.79. The molecule has 0 aromatic rings. The maximum atomic E-state index is 13.0. The summed E-state index contributed by atoms with van der Waals surface area (Å²) in [5.41, 5.74) is 0. The first-order valence-electron chi connectivity index (χ1n) is 3.69. The Morgan fingerprint density at radius 2 is 1.77 bits per heavy atom. The molecule has 0 spiro atoms. The SMILES string of the molecule is O=S(=O)([O-])C1CC(F)C(Br)CC1F. The molecule has 13 heavy (non-hydrogen) atoms. The predicted octanol–water partition coefficient (Wildman–Crippen LogP) is 1.13. The molecule has 0 aromatic heterocycles. The molecule has 0 heterocycles. The monoisotopic (exact) mass is 277 g/mol. The van der Waals surface area contributed by atoms with Gasteiger partial charge < -0.3 is 4.55 Å². The Kier molecular flexibility index (Phi) is 3.29. The van der Waals surface area contributed by atoms with Crippen LogP contribution < -0.4 is 0 Å². The number of rotatable bonds is 1. The minimum atomic E-state index is -4.72. The molecule has 0 aromatic carbocycles. The Hall–Kier alpha value is 0.250. The predicted molar refractivity (Wildman–Crippen MR) is 45.2 cm³/mol. The van der Waals surface area contributed by atoms with Crippen LogP contribution in [0.4, 0.5) is 8.78 Å². The Morgan fingerprint density at radius 3 is 2.23 bits per heavy atom. The van der Waals surface area contributed by atoms with Gasteiger partial charge in [-0.1, -0.05) is 15.9 Å². The maximum Gasteiger partial charge on any atom is 0.117 e. The van der Waals surface area contributed by atoms with Crippen molar-refractivity contribution in [1.29, 1.82) is 0 Å². The third-order valence-electron chi connectivity index (χ3n) is 2.07. The molecule has 3 nitrogen and oxygen atoms in total. The van der Waals surface area contributed by atoms with Crippen LogP contribution in [0.5, 0.6) is 0 Å². The molecule has 0 bridgehead atoms. The van der Waals surface area contributed by atoms with E-state index in [4.69, 9.17) is 0 Å². The normalized spacial score (nSPS) is 41.8. The highest BCUT2D eigenvalue weighted by atomic mass is 79.9. The summed E-state index contributed by atoms with van der Waals surface area (Å²) in [6, 6.07) is 0. The molecule has 0 radical (unpaired) electrons. The molecule has 1 fully saturated rings. The molecule has 4 unspecified atom stereocenters. The van der Waals surface area contributed by atoms with Crippen molar-refractivity contribution in [2.24, 2.45) is 0 Å². The van der Waals surface area contributed by atoms with Crippen LogP contribution in [0.3, 0.4) is 0 Å². The molecule has 78 valence electrons. The highest BCUT2D eigenvalue weighted by molar-refractivity contribution is 9.09. The first-order chi connectivity index (χ1) is 5.82. The van der Waals surface area contributed by atoms with Crippen LogP contribution in [0.15, 0.2) is 0 Å². The number of hydrogen-bond donors (Lipinski definition) is 0. The fourth-order valence-electron chi connectivity index (χ4n) is 1.33. The lowest BCUT2D eigenvalue weighted by molar-refractivity contribution is 0.176. The van der Waals surface area contributed by atoms with Crippen LogP contribution in [0.25, 0.3) is 0 Å². The first-order valence-corrected chi connectivity index (χ1v) is 6.08. The highest BCUT2D eigenvalue weighted by Gasteiger charge is 2.39. The summed E-state index contributed by atoms with van der Waals surface area (Å²) >= 11 is 2.88. The van der Waals surface area contributed by atoms with Gasteiger partial charge in [-0.25, -0.2) is 17.2 Å². The van der Waals surface area contributed by atoms with E-state index >= 15 is 0 Å². The van der Waals surface area contributed by atoms with E-state index in [0.717, 1.165) is 0 Å². The Morgan fingerprint density at radius 1 is 1.23 bits per heavy atom. The van der Waals surface area contributed by atoms with Gasteiger partial charge in [0.15, 0.2) is 0 Å². The van der Waals surface area contributed by atoms with Gasteiger partial charge in [0.25, 0.3) is 0 Å². The lowest BCUT2D eigenvalue weighted by Crippen LogP contribution is -2.42. The average molecular weight is 278 g/mol.